The van der Waals surface area contributed by atoms with Crippen molar-refractivity contribution in [2.75, 3.05) is 36.0 Å². The first-order chi connectivity index (χ1) is 13.2. The highest BCUT2D eigenvalue weighted by Crippen LogP contribution is 2.42. The van der Waals surface area contributed by atoms with E-state index >= 15 is 0 Å². The molecule has 0 aliphatic carbocycles. The summed E-state index contributed by atoms with van der Waals surface area (Å²) in [7, 11) is 0. The topological polar surface area (TPSA) is 50.7 Å². The minimum atomic E-state index is -0.212. The lowest BCUT2D eigenvalue weighted by molar-refractivity contribution is 0.0675. The maximum atomic E-state index is 5.82. The van der Waals surface area contributed by atoms with Crippen LogP contribution in [0.4, 0.5) is 11.6 Å². The third-order valence-corrected chi connectivity index (χ3v) is 5.30. The zero-order valence-electron chi connectivity index (χ0n) is 15.6. The number of rotatable bonds is 2. The molecule has 6 nitrogen and oxygen atoms in total. The zero-order chi connectivity index (χ0) is 18.4. The summed E-state index contributed by atoms with van der Waals surface area (Å²) in [6.07, 6.45) is 1.70. The number of aromatic nitrogens is 2. The van der Waals surface area contributed by atoms with E-state index < -0.39 is 0 Å². The number of anilines is 2. The van der Waals surface area contributed by atoms with Crippen LogP contribution in [0.3, 0.4) is 0 Å². The third kappa shape index (κ3) is 2.81. The molecule has 0 N–H and O–H groups in total. The number of nitrogens with zero attached hydrogens (tertiary/aromatic N) is 4. The minimum Gasteiger partial charge on any atom is -0.451 e. The van der Waals surface area contributed by atoms with E-state index in [0.29, 0.717) is 0 Å². The van der Waals surface area contributed by atoms with Crippen molar-refractivity contribution in [3.8, 4) is 11.5 Å². The third-order valence-electron chi connectivity index (χ3n) is 5.30. The van der Waals surface area contributed by atoms with Crippen LogP contribution in [0, 0.1) is 6.92 Å². The van der Waals surface area contributed by atoms with Crippen molar-refractivity contribution in [1.29, 1.82) is 0 Å². The summed E-state index contributed by atoms with van der Waals surface area (Å²) < 4.78 is 11.5. The Kier molecular flexibility index (Phi) is 3.77. The van der Waals surface area contributed by atoms with Gasteiger partial charge in [-0.3, -0.25) is 0 Å². The SMILES string of the molecule is Cc1c(N2CCN(c3ncc4ccccc4n3)CC2)ccc2c1OC(C)O2. The molecule has 2 aliphatic heterocycles. The molecule has 0 spiro atoms. The van der Waals surface area contributed by atoms with Crippen LogP contribution in [-0.4, -0.2) is 42.4 Å². The van der Waals surface area contributed by atoms with Crippen LogP contribution in [-0.2, 0) is 0 Å². The molecule has 6 heteroatoms. The van der Waals surface area contributed by atoms with Gasteiger partial charge in [-0.25, -0.2) is 9.97 Å². The first-order valence-electron chi connectivity index (χ1n) is 9.37. The smallest absolute Gasteiger partial charge is 0.238 e. The first kappa shape index (κ1) is 16.2. The number of ether oxygens (including phenoxy) is 2. The molecule has 1 aromatic heterocycles. The van der Waals surface area contributed by atoms with Gasteiger partial charge in [-0.15, -0.1) is 0 Å². The van der Waals surface area contributed by atoms with Gasteiger partial charge in [0.1, 0.15) is 0 Å². The second-order valence-corrected chi connectivity index (χ2v) is 7.04. The van der Waals surface area contributed by atoms with E-state index in [-0.39, 0.29) is 6.29 Å². The van der Waals surface area contributed by atoms with Crippen LogP contribution in [0.5, 0.6) is 11.5 Å². The summed E-state index contributed by atoms with van der Waals surface area (Å²) >= 11 is 0. The van der Waals surface area contributed by atoms with Gasteiger partial charge < -0.3 is 19.3 Å². The summed E-state index contributed by atoms with van der Waals surface area (Å²) in [5, 5.41) is 1.07. The van der Waals surface area contributed by atoms with E-state index in [1.807, 2.05) is 43.5 Å². The Hall–Kier alpha value is -3.02. The number of para-hydroxylation sites is 1. The molecule has 138 valence electrons. The quantitative estimate of drug-likeness (QED) is 0.697. The number of piperazine rings is 1. The molecular weight excluding hydrogens is 340 g/mol. The van der Waals surface area contributed by atoms with Crippen LogP contribution in [0.1, 0.15) is 12.5 Å². The van der Waals surface area contributed by atoms with Crippen molar-refractivity contribution in [2.24, 2.45) is 0 Å². The Bertz CT molecular complexity index is 999. The van der Waals surface area contributed by atoms with Crippen LogP contribution in [0.2, 0.25) is 0 Å². The van der Waals surface area contributed by atoms with Crippen molar-refractivity contribution in [3.05, 3.63) is 48.2 Å². The summed E-state index contributed by atoms with van der Waals surface area (Å²) in [4.78, 5) is 14.0. The van der Waals surface area contributed by atoms with Gasteiger partial charge in [0, 0.05) is 55.9 Å². The number of hydrogen-bond acceptors (Lipinski definition) is 6. The van der Waals surface area contributed by atoms with E-state index in [1.54, 1.807) is 0 Å². The average Bonchev–Trinajstić information content (AvgIpc) is 3.09. The predicted molar refractivity (Wildman–Crippen MR) is 106 cm³/mol. The monoisotopic (exact) mass is 362 g/mol. The van der Waals surface area contributed by atoms with Crippen molar-refractivity contribution >= 4 is 22.5 Å². The normalized spacial score (nSPS) is 19.0. The Morgan fingerprint density at radius 2 is 1.74 bits per heavy atom. The van der Waals surface area contributed by atoms with Crippen LogP contribution >= 0.6 is 0 Å². The maximum Gasteiger partial charge on any atom is 0.238 e. The molecule has 5 rings (SSSR count). The van der Waals surface area contributed by atoms with E-state index in [2.05, 4.69) is 27.8 Å². The van der Waals surface area contributed by atoms with Gasteiger partial charge in [-0.2, -0.15) is 0 Å². The molecule has 2 aromatic carbocycles. The van der Waals surface area contributed by atoms with Crippen LogP contribution in [0.25, 0.3) is 10.9 Å². The zero-order valence-corrected chi connectivity index (χ0v) is 15.6. The second kappa shape index (κ2) is 6.30. The Labute approximate surface area is 158 Å². The fourth-order valence-corrected chi connectivity index (χ4v) is 3.87. The molecule has 1 fully saturated rings. The van der Waals surface area contributed by atoms with Gasteiger partial charge >= 0.3 is 0 Å². The van der Waals surface area contributed by atoms with Gasteiger partial charge in [0.15, 0.2) is 11.5 Å². The summed E-state index contributed by atoms with van der Waals surface area (Å²) in [6, 6.07) is 12.3. The Balaban J connectivity index is 1.34. The lowest BCUT2D eigenvalue weighted by atomic mass is 10.1. The highest BCUT2D eigenvalue weighted by molar-refractivity contribution is 5.78. The van der Waals surface area contributed by atoms with Gasteiger partial charge in [-0.1, -0.05) is 18.2 Å². The minimum absolute atomic E-state index is 0.212. The molecule has 0 radical (unpaired) electrons. The van der Waals surface area contributed by atoms with Gasteiger partial charge in [0.05, 0.1) is 5.52 Å². The number of fused-ring (bicyclic) bond motifs is 2. The fourth-order valence-electron chi connectivity index (χ4n) is 3.87. The molecule has 27 heavy (non-hydrogen) atoms. The number of benzene rings is 2. The maximum absolute atomic E-state index is 5.82. The number of hydrogen-bond donors (Lipinski definition) is 0. The largest absolute Gasteiger partial charge is 0.451 e. The highest BCUT2D eigenvalue weighted by atomic mass is 16.7. The molecule has 1 saturated heterocycles. The summed E-state index contributed by atoms with van der Waals surface area (Å²) in [6.45, 7) is 7.65. The Morgan fingerprint density at radius 3 is 2.59 bits per heavy atom. The fraction of sp³-hybridized carbons (Fsp3) is 0.333. The molecule has 0 saturated carbocycles. The van der Waals surface area contributed by atoms with Crippen molar-refractivity contribution < 1.29 is 9.47 Å². The molecular formula is C21H22N4O2. The molecule has 0 amide bonds. The Morgan fingerprint density at radius 1 is 0.963 bits per heavy atom. The summed E-state index contributed by atoms with van der Waals surface area (Å²) in [5.41, 5.74) is 3.35. The van der Waals surface area contributed by atoms with Crippen molar-refractivity contribution in [2.45, 2.75) is 20.1 Å². The predicted octanol–water partition coefficient (Wildman–Crippen LogP) is 3.38. The molecule has 3 aromatic rings. The second-order valence-electron chi connectivity index (χ2n) is 7.04. The molecule has 2 aliphatic rings. The van der Waals surface area contributed by atoms with E-state index in [0.717, 1.165) is 60.1 Å². The van der Waals surface area contributed by atoms with E-state index in [1.165, 1.54) is 5.69 Å². The van der Waals surface area contributed by atoms with Gasteiger partial charge in [0.2, 0.25) is 12.2 Å². The highest BCUT2D eigenvalue weighted by Gasteiger charge is 2.27. The molecule has 0 bridgehead atoms. The van der Waals surface area contributed by atoms with E-state index in [4.69, 9.17) is 14.5 Å². The standard InChI is InChI=1S/C21H22N4O2/c1-14-18(7-8-19-20(14)27-15(2)26-19)24-9-11-25(12-10-24)21-22-13-16-5-3-4-6-17(16)23-21/h3-8,13,15H,9-12H2,1-2H3. The van der Waals surface area contributed by atoms with Crippen LogP contribution in [0.15, 0.2) is 42.6 Å². The summed E-state index contributed by atoms with van der Waals surface area (Å²) in [5.74, 6) is 2.52. The lowest BCUT2D eigenvalue weighted by Crippen LogP contribution is -2.47. The first-order valence-corrected chi connectivity index (χ1v) is 9.37. The van der Waals surface area contributed by atoms with E-state index in [9.17, 15) is 0 Å². The lowest BCUT2D eigenvalue weighted by Gasteiger charge is -2.36. The average molecular weight is 362 g/mol. The molecule has 1 atom stereocenters. The van der Waals surface area contributed by atoms with Crippen molar-refractivity contribution in [3.63, 3.8) is 0 Å². The van der Waals surface area contributed by atoms with Crippen molar-refractivity contribution in [1.82, 2.24) is 9.97 Å². The molecule has 1 unspecified atom stereocenters. The molecule has 3 heterocycles. The van der Waals surface area contributed by atoms with Gasteiger partial charge in [-0.05, 0) is 25.1 Å². The van der Waals surface area contributed by atoms with Gasteiger partial charge in [0.25, 0.3) is 0 Å². The van der Waals surface area contributed by atoms with Crippen LogP contribution < -0.4 is 19.3 Å².